The number of hydrogen-bond donors (Lipinski definition) is 1. The summed E-state index contributed by atoms with van der Waals surface area (Å²) in [6.45, 7) is 4.12. The van der Waals surface area contributed by atoms with Gasteiger partial charge < -0.3 is 10.0 Å². The highest BCUT2D eigenvalue weighted by Gasteiger charge is 2.29. The van der Waals surface area contributed by atoms with Crippen molar-refractivity contribution in [1.82, 2.24) is 14.9 Å². The van der Waals surface area contributed by atoms with Gasteiger partial charge in [-0.15, -0.1) is 0 Å². The fourth-order valence-corrected chi connectivity index (χ4v) is 2.64. The Balaban J connectivity index is 2.23. The topological polar surface area (TPSA) is 83.4 Å². The lowest BCUT2D eigenvalue weighted by atomic mass is 10.1. The van der Waals surface area contributed by atoms with Crippen molar-refractivity contribution in [2.45, 2.75) is 45.6 Å². The molecule has 1 aliphatic rings. The molecule has 1 amide bonds. The molecule has 1 aliphatic heterocycles. The van der Waals surface area contributed by atoms with E-state index in [9.17, 15) is 9.59 Å². The van der Waals surface area contributed by atoms with Crippen molar-refractivity contribution in [3.8, 4) is 0 Å². The molecule has 1 atom stereocenters. The van der Waals surface area contributed by atoms with Gasteiger partial charge in [0.05, 0.1) is 18.2 Å². The van der Waals surface area contributed by atoms with Crippen molar-refractivity contribution in [1.29, 1.82) is 0 Å². The van der Waals surface area contributed by atoms with Gasteiger partial charge in [-0.1, -0.05) is 0 Å². The fraction of sp³-hybridized carbons (Fsp3) is 0.571. The van der Waals surface area contributed by atoms with E-state index in [2.05, 4.69) is 9.97 Å². The highest BCUT2D eigenvalue weighted by atomic mass is 16.4. The van der Waals surface area contributed by atoms with Gasteiger partial charge in [0.1, 0.15) is 5.82 Å². The van der Waals surface area contributed by atoms with Crippen LogP contribution in [0.3, 0.4) is 0 Å². The zero-order valence-electron chi connectivity index (χ0n) is 11.8. The number of carboxylic acids is 1. The fourth-order valence-electron chi connectivity index (χ4n) is 2.64. The molecule has 2 rings (SSSR count). The third-order valence-corrected chi connectivity index (χ3v) is 3.50. The van der Waals surface area contributed by atoms with Gasteiger partial charge in [0, 0.05) is 25.6 Å². The van der Waals surface area contributed by atoms with Crippen molar-refractivity contribution in [3.05, 3.63) is 23.3 Å². The lowest BCUT2D eigenvalue weighted by molar-refractivity contribution is -0.137. The smallest absolute Gasteiger partial charge is 0.303 e. The van der Waals surface area contributed by atoms with Crippen LogP contribution in [0.4, 0.5) is 0 Å². The summed E-state index contributed by atoms with van der Waals surface area (Å²) < 4.78 is 0. The molecule has 20 heavy (non-hydrogen) atoms. The van der Waals surface area contributed by atoms with E-state index in [1.54, 1.807) is 13.8 Å². The lowest BCUT2D eigenvalue weighted by Crippen LogP contribution is -2.28. The van der Waals surface area contributed by atoms with Crippen LogP contribution < -0.4 is 0 Å². The second kappa shape index (κ2) is 5.98. The Labute approximate surface area is 117 Å². The number of amides is 1. The number of aliphatic carboxylic acids is 1. The largest absolute Gasteiger partial charge is 0.481 e. The standard InChI is InChI=1S/C14H19N3O3/c1-9-15-11(5-6-14(19)20)8-12(16-9)13-4-3-7-17(13)10(2)18/h8,13H,3-7H2,1-2H3,(H,19,20)/t13-/m0/s1. The summed E-state index contributed by atoms with van der Waals surface area (Å²) in [5.41, 5.74) is 1.55. The van der Waals surface area contributed by atoms with Crippen LogP contribution in [0.25, 0.3) is 0 Å². The number of nitrogens with zero attached hydrogens (tertiary/aromatic N) is 3. The molecule has 6 nitrogen and oxygen atoms in total. The number of carbonyl (C=O) groups is 2. The number of rotatable bonds is 4. The molecule has 0 spiro atoms. The first-order valence-electron chi connectivity index (χ1n) is 6.81. The predicted molar refractivity (Wildman–Crippen MR) is 72.1 cm³/mol. The Hall–Kier alpha value is -1.98. The summed E-state index contributed by atoms with van der Waals surface area (Å²) in [5, 5.41) is 8.74. The minimum Gasteiger partial charge on any atom is -0.481 e. The van der Waals surface area contributed by atoms with E-state index in [0.717, 1.165) is 30.8 Å². The van der Waals surface area contributed by atoms with Gasteiger partial charge in [-0.2, -0.15) is 0 Å². The van der Waals surface area contributed by atoms with E-state index in [-0.39, 0.29) is 18.4 Å². The maximum absolute atomic E-state index is 11.6. The van der Waals surface area contributed by atoms with Gasteiger partial charge in [-0.05, 0) is 25.8 Å². The molecule has 6 heteroatoms. The van der Waals surface area contributed by atoms with Crippen molar-refractivity contribution in [3.63, 3.8) is 0 Å². The quantitative estimate of drug-likeness (QED) is 0.901. The molecule has 0 saturated carbocycles. The number of hydrogen-bond acceptors (Lipinski definition) is 4. The Bertz CT molecular complexity index is 530. The van der Waals surface area contributed by atoms with E-state index in [1.807, 2.05) is 11.0 Å². The first-order valence-corrected chi connectivity index (χ1v) is 6.81. The summed E-state index contributed by atoms with van der Waals surface area (Å²) in [4.78, 5) is 32.8. The van der Waals surface area contributed by atoms with Crippen LogP contribution >= 0.6 is 0 Å². The van der Waals surface area contributed by atoms with Gasteiger partial charge in [0.2, 0.25) is 5.91 Å². The number of carbonyl (C=O) groups excluding carboxylic acids is 1. The van der Waals surface area contributed by atoms with E-state index in [4.69, 9.17) is 5.11 Å². The van der Waals surface area contributed by atoms with Crippen molar-refractivity contribution < 1.29 is 14.7 Å². The zero-order chi connectivity index (χ0) is 14.7. The van der Waals surface area contributed by atoms with Crippen LogP contribution in [0, 0.1) is 6.92 Å². The van der Waals surface area contributed by atoms with E-state index in [0.29, 0.717) is 12.2 Å². The van der Waals surface area contributed by atoms with Crippen molar-refractivity contribution in [2.24, 2.45) is 0 Å². The molecule has 0 unspecified atom stereocenters. The maximum atomic E-state index is 11.6. The van der Waals surface area contributed by atoms with Crippen LogP contribution in [0.15, 0.2) is 6.07 Å². The number of carboxylic acid groups (broad SMARTS) is 1. The molecule has 0 radical (unpaired) electrons. The summed E-state index contributed by atoms with van der Waals surface area (Å²) >= 11 is 0. The lowest BCUT2D eigenvalue weighted by Gasteiger charge is -2.23. The predicted octanol–water partition coefficient (Wildman–Crippen LogP) is 1.49. The van der Waals surface area contributed by atoms with Gasteiger partial charge >= 0.3 is 5.97 Å². The maximum Gasteiger partial charge on any atom is 0.303 e. The first kappa shape index (κ1) is 14.4. The first-order chi connectivity index (χ1) is 9.47. The molecule has 0 aliphatic carbocycles. The molecular formula is C14H19N3O3. The van der Waals surface area contributed by atoms with Gasteiger partial charge in [-0.25, -0.2) is 9.97 Å². The van der Waals surface area contributed by atoms with Crippen LogP contribution in [0.5, 0.6) is 0 Å². The van der Waals surface area contributed by atoms with E-state index < -0.39 is 5.97 Å². The Morgan fingerprint density at radius 2 is 2.20 bits per heavy atom. The normalized spacial score (nSPS) is 18.3. The molecule has 1 N–H and O–H groups in total. The molecular weight excluding hydrogens is 258 g/mol. The van der Waals surface area contributed by atoms with Gasteiger partial charge in [-0.3, -0.25) is 9.59 Å². The van der Waals surface area contributed by atoms with Crippen LogP contribution in [0.2, 0.25) is 0 Å². The van der Waals surface area contributed by atoms with Crippen LogP contribution in [-0.2, 0) is 16.0 Å². The van der Waals surface area contributed by atoms with Crippen LogP contribution in [-0.4, -0.2) is 38.4 Å². The Kier molecular flexibility index (Phi) is 4.32. The number of aryl methyl sites for hydroxylation is 2. The zero-order valence-corrected chi connectivity index (χ0v) is 11.8. The average Bonchev–Trinajstić information content (AvgIpc) is 2.85. The van der Waals surface area contributed by atoms with E-state index >= 15 is 0 Å². The summed E-state index contributed by atoms with van der Waals surface area (Å²) in [7, 11) is 0. The number of likely N-dealkylation sites (tertiary alicyclic amines) is 1. The third kappa shape index (κ3) is 3.31. The molecule has 1 fully saturated rings. The monoisotopic (exact) mass is 277 g/mol. The average molecular weight is 277 g/mol. The van der Waals surface area contributed by atoms with Gasteiger partial charge in [0.25, 0.3) is 0 Å². The minimum atomic E-state index is -0.839. The molecule has 1 saturated heterocycles. The SMILES string of the molecule is CC(=O)N1CCC[C@H]1c1cc(CCC(=O)O)nc(C)n1. The van der Waals surface area contributed by atoms with Gasteiger partial charge in [0.15, 0.2) is 0 Å². The van der Waals surface area contributed by atoms with Crippen molar-refractivity contribution >= 4 is 11.9 Å². The molecule has 0 aromatic carbocycles. The molecule has 108 valence electrons. The second-order valence-corrected chi connectivity index (χ2v) is 5.10. The second-order valence-electron chi connectivity index (χ2n) is 5.10. The Morgan fingerprint density at radius 1 is 1.45 bits per heavy atom. The highest BCUT2D eigenvalue weighted by Crippen LogP contribution is 2.31. The molecule has 1 aromatic rings. The third-order valence-electron chi connectivity index (χ3n) is 3.50. The summed E-state index contributed by atoms with van der Waals surface area (Å²) in [6.07, 6.45) is 2.31. The van der Waals surface area contributed by atoms with Crippen LogP contribution in [0.1, 0.15) is 49.4 Å². The van der Waals surface area contributed by atoms with Crippen molar-refractivity contribution in [2.75, 3.05) is 6.54 Å². The Morgan fingerprint density at radius 3 is 2.85 bits per heavy atom. The minimum absolute atomic E-state index is 0.00206. The number of aromatic nitrogens is 2. The summed E-state index contributed by atoms with van der Waals surface area (Å²) in [5.74, 6) is -0.164. The summed E-state index contributed by atoms with van der Waals surface area (Å²) in [6, 6.07) is 1.83. The molecule has 1 aromatic heterocycles. The van der Waals surface area contributed by atoms with E-state index in [1.165, 1.54) is 0 Å². The highest BCUT2D eigenvalue weighted by molar-refractivity contribution is 5.74. The molecule has 2 heterocycles. The molecule has 0 bridgehead atoms.